The van der Waals surface area contributed by atoms with Crippen molar-refractivity contribution in [2.75, 3.05) is 0 Å². The minimum absolute atomic E-state index is 0.298. The predicted molar refractivity (Wildman–Crippen MR) is 93.8 cm³/mol. The zero-order valence-electron chi connectivity index (χ0n) is 12.9. The first-order valence-corrected chi connectivity index (χ1v) is 7.98. The molecule has 6 heteroatoms. The van der Waals surface area contributed by atoms with Crippen LogP contribution in [-0.4, -0.2) is 16.0 Å². The molecule has 0 bridgehead atoms. The first kappa shape index (κ1) is 17.1. The van der Waals surface area contributed by atoms with Crippen LogP contribution in [0.25, 0.3) is 0 Å². The SMILES string of the molecule is Cc1ccc(S/C=C/N(N)C(=O)N(N)Cc2ccccc2)cc1. The Hall–Kier alpha value is -2.28. The Morgan fingerprint density at radius 1 is 1.09 bits per heavy atom. The number of carbonyl (C=O) groups excluding carboxylic acids is 1. The van der Waals surface area contributed by atoms with Crippen molar-refractivity contribution in [3.8, 4) is 0 Å². The largest absolute Gasteiger partial charge is 0.352 e. The number of hydrazine groups is 2. The van der Waals surface area contributed by atoms with Crippen LogP contribution in [0.1, 0.15) is 11.1 Å². The molecule has 0 heterocycles. The number of rotatable bonds is 5. The van der Waals surface area contributed by atoms with Gasteiger partial charge in [0.05, 0.1) is 6.54 Å². The van der Waals surface area contributed by atoms with E-state index in [2.05, 4.69) is 0 Å². The van der Waals surface area contributed by atoms with Gasteiger partial charge in [0.2, 0.25) is 0 Å². The molecule has 0 spiro atoms. The van der Waals surface area contributed by atoms with Gasteiger partial charge in [-0.05, 0) is 30.0 Å². The van der Waals surface area contributed by atoms with E-state index in [1.54, 1.807) is 5.41 Å². The normalized spacial score (nSPS) is 10.7. The van der Waals surface area contributed by atoms with Crippen molar-refractivity contribution in [1.29, 1.82) is 0 Å². The van der Waals surface area contributed by atoms with Crippen LogP contribution >= 0.6 is 11.8 Å². The van der Waals surface area contributed by atoms with E-state index in [1.807, 2.05) is 61.5 Å². The summed E-state index contributed by atoms with van der Waals surface area (Å²) in [4.78, 5) is 13.1. The lowest BCUT2D eigenvalue weighted by Crippen LogP contribution is -2.47. The van der Waals surface area contributed by atoms with Gasteiger partial charge in [0.25, 0.3) is 0 Å². The van der Waals surface area contributed by atoms with Crippen LogP contribution in [0.5, 0.6) is 0 Å². The van der Waals surface area contributed by atoms with Gasteiger partial charge >= 0.3 is 6.03 Å². The molecule has 0 radical (unpaired) electrons. The Labute approximate surface area is 140 Å². The Morgan fingerprint density at radius 3 is 2.39 bits per heavy atom. The van der Waals surface area contributed by atoms with Crippen molar-refractivity contribution in [3.05, 3.63) is 77.3 Å². The molecule has 120 valence electrons. The molecule has 0 unspecified atom stereocenters. The number of carbonyl (C=O) groups is 1. The molecular weight excluding hydrogens is 308 g/mol. The number of aryl methyl sites for hydroxylation is 1. The molecule has 0 aliphatic rings. The van der Waals surface area contributed by atoms with Gasteiger partial charge in [0.15, 0.2) is 0 Å². The molecule has 0 aliphatic heterocycles. The topological polar surface area (TPSA) is 75.6 Å². The van der Waals surface area contributed by atoms with E-state index in [1.165, 1.54) is 23.5 Å². The van der Waals surface area contributed by atoms with Crippen molar-refractivity contribution in [2.24, 2.45) is 11.7 Å². The molecule has 0 saturated carbocycles. The fourth-order valence-corrected chi connectivity index (χ4v) is 2.49. The maximum Gasteiger partial charge on any atom is 0.352 e. The minimum Gasteiger partial charge on any atom is -0.256 e. The van der Waals surface area contributed by atoms with E-state index >= 15 is 0 Å². The van der Waals surface area contributed by atoms with Gasteiger partial charge in [-0.25, -0.2) is 21.5 Å². The fourth-order valence-electron chi connectivity index (χ4n) is 1.85. The summed E-state index contributed by atoms with van der Waals surface area (Å²) >= 11 is 1.48. The summed E-state index contributed by atoms with van der Waals surface area (Å²) in [5.41, 5.74) is 2.14. The minimum atomic E-state index is -0.477. The van der Waals surface area contributed by atoms with Gasteiger partial charge in [0, 0.05) is 11.1 Å². The van der Waals surface area contributed by atoms with E-state index in [0.29, 0.717) is 6.54 Å². The third kappa shape index (κ3) is 5.45. The molecule has 4 N–H and O–H groups in total. The van der Waals surface area contributed by atoms with Gasteiger partial charge in [-0.2, -0.15) is 0 Å². The third-order valence-corrected chi connectivity index (χ3v) is 3.91. The van der Waals surface area contributed by atoms with Crippen LogP contribution in [0, 0.1) is 6.92 Å². The van der Waals surface area contributed by atoms with Gasteiger partial charge in [-0.15, -0.1) is 0 Å². The smallest absolute Gasteiger partial charge is 0.256 e. The second-order valence-electron chi connectivity index (χ2n) is 5.02. The molecular formula is C17H20N4OS. The Balaban J connectivity index is 1.86. The molecule has 0 aliphatic carbocycles. The summed E-state index contributed by atoms with van der Waals surface area (Å²) in [6, 6.07) is 17.1. The van der Waals surface area contributed by atoms with Crippen molar-refractivity contribution < 1.29 is 4.79 Å². The summed E-state index contributed by atoms with van der Waals surface area (Å²) in [6.45, 7) is 2.33. The highest BCUT2D eigenvalue weighted by atomic mass is 32.2. The average Bonchev–Trinajstić information content (AvgIpc) is 2.56. The zero-order valence-corrected chi connectivity index (χ0v) is 13.7. The summed E-state index contributed by atoms with van der Waals surface area (Å²) in [6.07, 6.45) is 1.50. The molecule has 0 fully saturated rings. The Bertz CT molecular complexity index is 658. The fraction of sp³-hybridized carbons (Fsp3) is 0.118. The number of nitrogens with zero attached hydrogens (tertiary/aromatic N) is 2. The third-order valence-electron chi connectivity index (χ3n) is 3.11. The van der Waals surface area contributed by atoms with E-state index < -0.39 is 6.03 Å². The van der Waals surface area contributed by atoms with Crippen LogP contribution in [0.2, 0.25) is 0 Å². The van der Waals surface area contributed by atoms with E-state index in [-0.39, 0.29) is 0 Å². The summed E-state index contributed by atoms with van der Waals surface area (Å²) in [5.74, 6) is 11.5. The molecule has 23 heavy (non-hydrogen) atoms. The highest BCUT2D eigenvalue weighted by Gasteiger charge is 2.13. The van der Waals surface area contributed by atoms with E-state index in [9.17, 15) is 4.79 Å². The number of urea groups is 1. The van der Waals surface area contributed by atoms with Crippen molar-refractivity contribution in [3.63, 3.8) is 0 Å². The highest BCUT2D eigenvalue weighted by Crippen LogP contribution is 2.19. The Kier molecular flexibility index (Phi) is 6.22. The van der Waals surface area contributed by atoms with Crippen LogP contribution in [0.4, 0.5) is 4.79 Å². The molecule has 0 atom stereocenters. The Morgan fingerprint density at radius 2 is 1.74 bits per heavy atom. The second kappa shape index (κ2) is 8.38. The van der Waals surface area contributed by atoms with Gasteiger partial charge in [-0.3, -0.25) is 5.01 Å². The monoisotopic (exact) mass is 328 g/mol. The first-order valence-electron chi connectivity index (χ1n) is 7.10. The summed E-state index contributed by atoms with van der Waals surface area (Å²) in [7, 11) is 0. The number of hydrogen-bond acceptors (Lipinski definition) is 4. The van der Waals surface area contributed by atoms with Gasteiger partial charge in [0.1, 0.15) is 0 Å². The maximum absolute atomic E-state index is 12.1. The molecule has 0 aromatic heterocycles. The number of nitrogens with two attached hydrogens (primary N) is 2. The highest BCUT2D eigenvalue weighted by molar-refractivity contribution is 8.02. The number of amides is 2. The van der Waals surface area contributed by atoms with Crippen LogP contribution in [0.15, 0.2) is 71.1 Å². The standard InChI is InChI=1S/C17H20N4OS/c1-14-7-9-16(10-8-14)23-12-11-20(18)17(22)21(19)13-15-5-3-2-4-6-15/h2-12H,13,18-19H2,1H3/b12-11+. The van der Waals surface area contributed by atoms with E-state index in [4.69, 9.17) is 11.7 Å². The summed E-state index contributed by atoms with van der Waals surface area (Å²) in [5, 5.41) is 3.80. The van der Waals surface area contributed by atoms with Crippen molar-refractivity contribution in [1.82, 2.24) is 10.0 Å². The number of thioether (sulfide) groups is 1. The zero-order chi connectivity index (χ0) is 16.7. The second-order valence-corrected chi connectivity index (χ2v) is 6.00. The van der Waals surface area contributed by atoms with Crippen molar-refractivity contribution >= 4 is 17.8 Å². The average molecular weight is 328 g/mol. The first-order chi connectivity index (χ1) is 11.1. The quantitative estimate of drug-likeness (QED) is 0.382. The lowest BCUT2D eigenvalue weighted by atomic mass is 10.2. The number of benzene rings is 2. The lowest BCUT2D eigenvalue weighted by molar-refractivity contribution is 0.168. The molecule has 2 rings (SSSR count). The molecule has 2 aromatic rings. The van der Waals surface area contributed by atoms with E-state index in [0.717, 1.165) is 20.5 Å². The van der Waals surface area contributed by atoms with Crippen LogP contribution < -0.4 is 11.7 Å². The van der Waals surface area contributed by atoms with Crippen molar-refractivity contribution in [2.45, 2.75) is 18.4 Å². The molecule has 5 nitrogen and oxygen atoms in total. The molecule has 0 saturated heterocycles. The van der Waals surface area contributed by atoms with Crippen LogP contribution in [-0.2, 0) is 6.54 Å². The maximum atomic E-state index is 12.1. The number of hydrogen-bond donors (Lipinski definition) is 2. The molecule has 2 aromatic carbocycles. The van der Waals surface area contributed by atoms with Gasteiger partial charge < -0.3 is 0 Å². The lowest BCUT2D eigenvalue weighted by Gasteiger charge is -2.21. The summed E-state index contributed by atoms with van der Waals surface area (Å²) < 4.78 is 0. The van der Waals surface area contributed by atoms with Gasteiger partial charge in [-0.1, -0.05) is 59.8 Å². The molecule has 2 amide bonds. The predicted octanol–water partition coefficient (Wildman–Crippen LogP) is 3.23. The van der Waals surface area contributed by atoms with Crippen LogP contribution in [0.3, 0.4) is 0 Å².